The van der Waals surface area contributed by atoms with Gasteiger partial charge in [0.15, 0.2) is 6.79 Å². The van der Waals surface area contributed by atoms with E-state index < -0.39 is 0 Å². The Bertz CT molecular complexity index is 291. The summed E-state index contributed by atoms with van der Waals surface area (Å²) in [6.45, 7) is 3.30. The molecule has 0 bridgehead atoms. The lowest BCUT2D eigenvalue weighted by Crippen LogP contribution is -2.06. The van der Waals surface area contributed by atoms with Gasteiger partial charge in [0, 0.05) is 23.2 Å². The number of halogens is 1. The fourth-order valence-corrected chi connectivity index (χ4v) is 1.45. The lowest BCUT2D eigenvalue weighted by Gasteiger charge is -2.10. The van der Waals surface area contributed by atoms with Crippen molar-refractivity contribution in [2.75, 3.05) is 13.4 Å². The van der Waals surface area contributed by atoms with Gasteiger partial charge in [0.05, 0.1) is 0 Å². The Morgan fingerprint density at radius 1 is 1.43 bits per heavy atom. The second-order valence-corrected chi connectivity index (χ2v) is 3.63. The van der Waals surface area contributed by atoms with Crippen molar-refractivity contribution in [1.29, 1.82) is 0 Å². The van der Waals surface area contributed by atoms with Gasteiger partial charge >= 0.3 is 0 Å². The highest BCUT2D eigenvalue weighted by atomic mass is 79.9. The van der Waals surface area contributed by atoms with Crippen LogP contribution in [0, 0.1) is 0 Å². The van der Waals surface area contributed by atoms with E-state index in [1.165, 1.54) is 0 Å². The summed E-state index contributed by atoms with van der Waals surface area (Å²) in [7, 11) is 0. The van der Waals surface area contributed by atoms with E-state index in [9.17, 15) is 0 Å². The van der Waals surface area contributed by atoms with Crippen LogP contribution >= 0.6 is 15.9 Å². The average Bonchev–Trinajstić information content (AvgIpc) is 2.20. The number of rotatable bonds is 5. The zero-order chi connectivity index (χ0) is 10.4. The molecule has 0 amide bonds. The summed E-state index contributed by atoms with van der Waals surface area (Å²) in [5.41, 5.74) is 6.55. The van der Waals surface area contributed by atoms with Crippen LogP contribution in [0.15, 0.2) is 22.7 Å². The molecule has 0 radical (unpaired) electrons. The standard InChI is InChI=1S/C10H14BrNO2/c1-2-13-7-14-10-4-3-9(11)5-8(10)6-12/h3-5H,2,6-7,12H2,1H3. The Hall–Kier alpha value is -0.580. The lowest BCUT2D eigenvalue weighted by atomic mass is 10.2. The van der Waals surface area contributed by atoms with Crippen LogP contribution in [-0.4, -0.2) is 13.4 Å². The van der Waals surface area contributed by atoms with Gasteiger partial charge in [0.2, 0.25) is 0 Å². The third kappa shape index (κ3) is 3.29. The fraction of sp³-hybridized carbons (Fsp3) is 0.400. The summed E-state index contributed by atoms with van der Waals surface area (Å²) in [5, 5.41) is 0. The Kier molecular flexibility index (Phi) is 4.93. The molecule has 2 N–H and O–H groups in total. The zero-order valence-corrected chi connectivity index (χ0v) is 9.71. The number of nitrogens with two attached hydrogens (primary N) is 1. The smallest absolute Gasteiger partial charge is 0.189 e. The SMILES string of the molecule is CCOCOc1ccc(Br)cc1CN. The highest BCUT2D eigenvalue weighted by Gasteiger charge is 2.02. The summed E-state index contributed by atoms with van der Waals surface area (Å²) in [6, 6.07) is 5.74. The molecule has 14 heavy (non-hydrogen) atoms. The van der Waals surface area contributed by atoms with Gasteiger partial charge in [-0.1, -0.05) is 15.9 Å². The van der Waals surface area contributed by atoms with Crippen LogP contribution in [-0.2, 0) is 11.3 Å². The first-order chi connectivity index (χ1) is 6.77. The molecule has 4 heteroatoms. The van der Waals surface area contributed by atoms with Gasteiger partial charge in [-0.2, -0.15) is 0 Å². The van der Waals surface area contributed by atoms with Crippen molar-refractivity contribution >= 4 is 15.9 Å². The number of hydrogen-bond acceptors (Lipinski definition) is 3. The molecule has 0 heterocycles. The van der Waals surface area contributed by atoms with Gasteiger partial charge in [0.1, 0.15) is 5.75 Å². The van der Waals surface area contributed by atoms with Crippen molar-refractivity contribution in [2.45, 2.75) is 13.5 Å². The third-order valence-electron chi connectivity index (χ3n) is 1.74. The minimum Gasteiger partial charge on any atom is -0.467 e. The Morgan fingerprint density at radius 2 is 2.21 bits per heavy atom. The van der Waals surface area contributed by atoms with E-state index in [4.69, 9.17) is 15.2 Å². The number of hydrogen-bond donors (Lipinski definition) is 1. The van der Waals surface area contributed by atoms with Crippen LogP contribution < -0.4 is 10.5 Å². The van der Waals surface area contributed by atoms with Crippen molar-refractivity contribution in [3.05, 3.63) is 28.2 Å². The molecule has 0 fully saturated rings. The summed E-state index contributed by atoms with van der Waals surface area (Å²) in [5.74, 6) is 0.782. The minimum absolute atomic E-state index is 0.269. The van der Waals surface area contributed by atoms with Crippen LogP contribution in [0.2, 0.25) is 0 Å². The maximum atomic E-state index is 5.58. The van der Waals surface area contributed by atoms with E-state index in [0.717, 1.165) is 15.8 Å². The molecule has 1 aromatic rings. The van der Waals surface area contributed by atoms with E-state index in [2.05, 4.69) is 15.9 Å². The minimum atomic E-state index is 0.269. The molecule has 3 nitrogen and oxygen atoms in total. The summed E-state index contributed by atoms with van der Waals surface area (Å²) < 4.78 is 11.5. The van der Waals surface area contributed by atoms with Crippen LogP contribution in [0.3, 0.4) is 0 Å². The van der Waals surface area contributed by atoms with Gasteiger partial charge in [0.25, 0.3) is 0 Å². The highest BCUT2D eigenvalue weighted by Crippen LogP contribution is 2.22. The average molecular weight is 260 g/mol. The Morgan fingerprint density at radius 3 is 2.86 bits per heavy atom. The molecule has 1 rings (SSSR count). The number of benzene rings is 1. The molecule has 0 atom stereocenters. The topological polar surface area (TPSA) is 44.5 Å². The van der Waals surface area contributed by atoms with Crippen LogP contribution in [0.5, 0.6) is 5.75 Å². The van der Waals surface area contributed by atoms with Gasteiger partial charge in [-0.3, -0.25) is 0 Å². The van der Waals surface area contributed by atoms with Gasteiger partial charge in [-0.25, -0.2) is 0 Å². The second-order valence-electron chi connectivity index (χ2n) is 2.71. The van der Waals surface area contributed by atoms with Crippen molar-refractivity contribution in [3.63, 3.8) is 0 Å². The molecule has 1 aromatic carbocycles. The van der Waals surface area contributed by atoms with Gasteiger partial charge < -0.3 is 15.2 Å². The summed E-state index contributed by atoms with van der Waals surface area (Å²) in [4.78, 5) is 0. The predicted octanol–water partition coefficient (Wildman–Crippen LogP) is 2.28. The molecule has 0 aliphatic rings. The largest absolute Gasteiger partial charge is 0.467 e. The molecule has 0 aromatic heterocycles. The first-order valence-corrected chi connectivity index (χ1v) is 5.26. The first-order valence-electron chi connectivity index (χ1n) is 4.47. The maximum Gasteiger partial charge on any atom is 0.189 e. The van der Waals surface area contributed by atoms with Crippen molar-refractivity contribution < 1.29 is 9.47 Å². The molecule has 0 spiro atoms. The van der Waals surface area contributed by atoms with E-state index in [1.807, 2.05) is 25.1 Å². The van der Waals surface area contributed by atoms with E-state index in [1.54, 1.807) is 0 Å². The molecular weight excluding hydrogens is 246 g/mol. The van der Waals surface area contributed by atoms with Crippen molar-refractivity contribution in [1.82, 2.24) is 0 Å². The van der Waals surface area contributed by atoms with Crippen molar-refractivity contribution in [2.24, 2.45) is 5.73 Å². The highest BCUT2D eigenvalue weighted by molar-refractivity contribution is 9.10. The fourth-order valence-electron chi connectivity index (χ4n) is 1.04. The second kappa shape index (κ2) is 6.01. The summed E-state index contributed by atoms with van der Waals surface area (Å²) in [6.07, 6.45) is 0. The van der Waals surface area contributed by atoms with Gasteiger partial charge in [-0.15, -0.1) is 0 Å². The maximum absolute atomic E-state index is 5.58. The number of ether oxygens (including phenoxy) is 2. The molecule has 0 saturated carbocycles. The van der Waals surface area contributed by atoms with E-state index in [0.29, 0.717) is 13.2 Å². The lowest BCUT2D eigenvalue weighted by molar-refractivity contribution is 0.0218. The van der Waals surface area contributed by atoms with Gasteiger partial charge in [-0.05, 0) is 25.1 Å². The Balaban J connectivity index is 2.65. The Labute approximate surface area is 92.3 Å². The molecule has 78 valence electrons. The zero-order valence-electron chi connectivity index (χ0n) is 8.13. The quantitative estimate of drug-likeness (QED) is 0.652. The molecule has 0 aliphatic heterocycles. The van der Waals surface area contributed by atoms with Crippen LogP contribution in [0.4, 0.5) is 0 Å². The molecular formula is C10H14BrNO2. The van der Waals surface area contributed by atoms with Crippen LogP contribution in [0.25, 0.3) is 0 Å². The van der Waals surface area contributed by atoms with Crippen LogP contribution in [0.1, 0.15) is 12.5 Å². The molecule has 0 aliphatic carbocycles. The monoisotopic (exact) mass is 259 g/mol. The van der Waals surface area contributed by atoms with Crippen molar-refractivity contribution in [3.8, 4) is 5.75 Å². The van der Waals surface area contributed by atoms with E-state index >= 15 is 0 Å². The first kappa shape index (κ1) is 11.5. The normalized spacial score (nSPS) is 10.2. The molecule has 0 saturated heterocycles. The van der Waals surface area contributed by atoms with E-state index in [-0.39, 0.29) is 6.79 Å². The predicted molar refractivity (Wildman–Crippen MR) is 59.2 cm³/mol. The third-order valence-corrected chi connectivity index (χ3v) is 2.24. The summed E-state index contributed by atoms with van der Waals surface area (Å²) >= 11 is 3.38. The molecule has 0 unspecified atom stereocenters.